The average molecular weight is 256 g/mol. The minimum Gasteiger partial charge on any atom is -0.354 e. The molecule has 0 saturated carbocycles. The number of fused-ring (bicyclic) bond motifs is 1. The highest BCUT2D eigenvalue weighted by Crippen LogP contribution is 2.22. The number of hydrogen-bond acceptors (Lipinski definition) is 2. The quantitative estimate of drug-likeness (QED) is 0.917. The van der Waals surface area contributed by atoms with E-state index < -0.39 is 0 Å². The first-order valence-corrected chi connectivity index (χ1v) is 6.63. The van der Waals surface area contributed by atoms with Crippen molar-refractivity contribution in [1.82, 2.24) is 10.3 Å². The Hall–Kier alpha value is -1.90. The summed E-state index contributed by atoms with van der Waals surface area (Å²) in [6.45, 7) is 7.97. The van der Waals surface area contributed by atoms with E-state index in [0.29, 0.717) is 6.42 Å². The van der Waals surface area contributed by atoms with E-state index in [9.17, 15) is 4.79 Å². The molecular weight excluding hydrogens is 236 g/mol. The van der Waals surface area contributed by atoms with Gasteiger partial charge in [0.15, 0.2) is 0 Å². The maximum absolute atomic E-state index is 11.9. The molecule has 0 bridgehead atoms. The van der Waals surface area contributed by atoms with Crippen LogP contribution in [0.15, 0.2) is 24.3 Å². The van der Waals surface area contributed by atoms with Crippen molar-refractivity contribution in [3.63, 3.8) is 0 Å². The molecule has 1 amide bonds. The number of carbonyl (C=O) groups is 1. The van der Waals surface area contributed by atoms with Gasteiger partial charge in [0.25, 0.3) is 0 Å². The lowest BCUT2D eigenvalue weighted by Crippen LogP contribution is -2.31. The largest absolute Gasteiger partial charge is 0.354 e. The molecule has 1 aromatic carbocycles. The van der Waals surface area contributed by atoms with Gasteiger partial charge in [-0.05, 0) is 44.9 Å². The first-order valence-electron chi connectivity index (χ1n) is 6.63. The van der Waals surface area contributed by atoms with Gasteiger partial charge < -0.3 is 5.32 Å². The van der Waals surface area contributed by atoms with Gasteiger partial charge in [-0.1, -0.05) is 18.2 Å². The fraction of sp³-hybridized carbons (Fsp3) is 0.375. The van der Waals surface area contributed by atoms with Gasteiger partial charge in [0.1, 0.15) is 0 Å². The summed E-state index contributed by atoms with van der Waals surface area (Å²) in [5, 5.41) is 4.05. The summed E-state index contributed by atoms with van der Waals surface area (Å²) in [7, 11) is 0. The van der Waals surface area contributed by atoms with E-state index in [1.165, 1.54) is 0 Å². The summed E-state index contributed by atoms with van der Waals surface area (Å²) in [6.07, 6.45) is 0.397. The van der Waals surface area contributed by atoms with Crippen molar-refractivity contribution >= 4 is 16.8 Å². The van der Waals surface area contributed by atoms with Crippen LogP contribution in [-0.2, 0) is 11.2 Å². The van der Waals surface area contributed by atoms with Crippen LogP contribution in [0.1, 0.15) is 30.7 Å². The van der Waals surface area contributed by atoms with Crippen LogP contribution >= 0.6 is 0 Å². The second-order valence-corrected chi connectivity index (χ2v) is 5.22. The second-order valence-electron chi connectivity index (χ2n) is 5.22. The normalized spacial score (nSPS) is 11.0. The number of aryl methyl sites for hydroxylation is 2. The van der Waals surface area contributed by atoms with E-state index in [2.05, 4.69) is 23.3 Å². The summed E-state index contributed by atoms with van der Waals surface area (Å²) >= 11 is 0. The molecule has 0 aliphatic heterocycles. The predicted molar refractivity (Wildman–Crippen MR) is 78.2 cm³/mol. The molecule has 19 heavy (non-hydrogen) atoms. The lowest BCUT2D eigenvalue weighted by Gasteiger charge is -2.13. The van der Waals surface area contributed by atoms with Crippen LogP contribution < -0.4 is 5.32 Å². The minimum atomic E-state index is 0.0540. The Labute approximate surface area is 114 Å². The van der Waals surface area contributed by atoms with E-state index in [1.54, 1.807) is 0 Å². The van der Waals surface area contributed by atoms with E-state index >= 15 is 0 Å². The standard InChI is InChI=1S/C16H20N2O/c1-10(2)17-16(19)9-14-11(3)13-7-5-6-8-15(13)18-12(14)4/h5-8,10H,9H2,1-4H3,(H,17,19). The summed E-state index contributed by atoms with van der Waals surface area (Å²) < 4.78 is 0. The van der Waals surface area contributed by atoms with Crippen LogP contribution in [0.3, 0.4) is 0 Å². The number of nitrogens with one attached hydrogen (secondary N) is 1. The topological polar surface area (TPSA) is 42.0 Å². The Kier molecular flexibility index (Phi) is 3.84. The minimum absolute atomic E-state index is 0.0540. The van der Waals surface area contributed by atoms with E-state index in [4.69, 9.17) is 0 Å². The molecule has 0 spiro atoms. The van der Waals surface area contributed by atoms with Gasteiger partial charge >= 0.3 is 0 Å². The average Bonchev–Trinajstić information content (AvgIpc) is 2.33. The lowest BCUT2D eigenvalue weighted by molar-refractivity contribution is -0.120. The molecule has 0 atom stereocenters. The third-order valence-corrected chi connectivity index (χ3v) is 3.27. The summed E-state index contributed by atoms with van der Waals surface area (Å²) in [5.74, 6) is 0.0540. The molecule has 0 radical (unpaired) electrons. The highest BCUT2D eigenvalue weighted by atomic mass is 16.1. The molecule has 2 rings (SSSR count). The zero-order valence-electron chi connectivity index (χ0n) is 11.9. The maximum Gasteiger partial charge on any atom is 0.224 e. The van der Waals surface area contributed by atoms with E-state index in [0.717, 1.165) is 27.7 Å². The molecule has 1 N–H and O–H groups in total. The molecule has 0 aliphatic carbocycles. The molecule has 0 aliphatic rings. The molecule has 0 unspecified atom stereocenters. The Morgan fingerprint density at radius 1 is 1.26 bits per heavy atom. The van der Waals surface area contributed by atoms with Crippen LogP contribution in [0.2, 0.25) is 0 Å². The zero-order chi connectivity index (χ0) is 14.0. The van der Waals surface area contributed by atoms with Crippen LogP contribution in [0.25, 0.3) is 10.9 Å². The molecule has 100 valence electrons. The lowest BCUT2D eigenvalue weighted by atomic mass is 9.99. The Morgan fingerprint density at radius 3 is 2.63 bits per heavy atom. The summed E-state index contributed by atoms with van der Waals surface area (Å²) in [5.41, 5.74) is 4.12. The fourth-order valence-corrected chi connectivity index (χ4v) is 2.36. The van der Waals surface area contributed by atoms with Crippen molar-refractivity contribution in [2.24, 2.45) is 0 Å². The fourth-order valence-electron chi connectivity index (χ4n) is 2.36. The van der Waals surface area contributed by atoms with Gasteiger partial charge in [0, 0.05) is 17.1 Å². The van der Waals surface area contributed by atoms with Crippen molar-refractivity contribution in [3.8, 4) is 0 Å². The smallest absolute Gasteiger partial charge is 0.224 e. The van der Waals surface area contributed by atoms with Gasteiger partial charge in [-0.2, -0.15) is 0 Å². The van der Waals surface area contributed by atoms with Crippen molar-refractivity contribution in [3.05, 3.63) is 41.1 Å². The molecule has 2 aromatic rings. The van der Waals surface area contributed by atoms with Gasteiger partial charge in [0.05, 0.1) is 11.9 Å². The van der Waals surface area contributed by atoms with Crippen molar-refractivity contribution in [2.45, 2.75) is 40.2 Å². The van der Waals surface area contributed by atoms with Crippen molar-refractivity contribution in [1.29, 1.82) is 0 Å². The Morgan fingerprint density at radius 2 is 1.95 bits per heavy atom. The van der Waals surface area contributed by atoms with Crippen molar-refractivity contribution in [2.75, 3.05) is 0 Å². The molecular formula is C16H20N2O. The summed E-state index contributed by atoms with van der Waals surface area (Å²) in [6, 6.07) is 8.22. The third-order valence-electron chi connectivity index (χ3n) is 3.27. The van der Waals surface area contributed by atoms with Crippen LogP contribution in [0.5, 0.6) is 0 Å². The van der Waals surface area contributed by atoms with Crippen LogP contribution in [0.4, 0.5) is 0 Å². The SMILES string of the molecule is Cc1nc2ccccc2c(C)c1CC(=O)NC(C)C. The Bertz CT molecular complexity index is 617. The molecule has 1 aromatic heterocycles. The van der Waals surface area contributed by atoms with Crippen LogP contribution in [0, 0.1) is 13.8 Å². The Balaban J connectivity index is 2.40. The first kappa shape index (κ1) is 13.5. The number of rotatable bonds is 3. The number of para-hydroxylation sites is 1. The maximum atomic E-state index is 11.9. The first-order chi connectivity index (χ1) is 8.99. The molecule has 3 nitrogen and oxygen atoms in total. The molecule has 0 fully saturated rings. The number of nitrogens with zero attached hydrogens (tertiary/aromatic N) is 1. The van der Waals surface area contributed by atoms with Gasteiger partial charge in [-0.3, -0.25) is 9.78 Å². The number of carbonyl (C=O) groups excluding carboxylic acids is 1. The van der Waals surface area contributed by atoms with E-state index in [-0.39, 0.29) is 11.9 Å². The monoisotopic (exact) mass is 256 g/mol. The van der Waals surface area contributed by atoms with Crippen molar-refractivity contribution < 1.29 is 4.79 Å². The predicted octanol–water partition coefficient (Wildman–Crippen LogP) is 2.92. The molecule has 3 heteroatoms. The number of amides is 1. The highest BCUT2D eigenvalue weighted by Gasteiger charge is 2.13. The number of aromatic nitrogens is 1. The second kappa shape index (κ2) is 5.39. The molecule has 1 heterocycles. The highest BCUT2D eigenvalue weighted by molar-refractivity contribution is 5.86. The zero-order valence-corrected chi connectivity index (χ0v) is 11.9. The number of pyridine rings is 1. The van der Waals surface area contributed by atoms with Gasteiger partial charge in [0.2, 0.25) is 5.91 Å². The van der Waals surface area contributed by atoms with Gasteiger partial charge in [-0.15, -0.1) is 0 Å². The molecule has 0 saturated heterocycles. The van der Waals surface area contributed by atoms with Gasteiger partial charge in [-0.25, -0.2) is 0 Å². The van der Waals surface area contributed by atoms with Crippen LogP contribution in [-0.4, -0.2) is 16.9 Å². The third kappa shape index (κ3) is 2.92. The number of hydrogen-bond donors (Lipinski definition) is 1. The summed E-state index contributed by atoms with van der Waals surface area (Å²) in [4.78, 5) is 16.5. The van der Waals surface area contributed by atoms with E-state index in [1.807, 2.05) is 39.0 Å². The number of benzene rings is 1.